The second kappa shape index (κ2) is 14.0. The van der Waals surface area contributed by atoms with Crippen molar-refractivity contribution in [2.75, 3.05) is 38.2 Å². The first kappa shape index (κ1) is 32.9. The van der Waals surface area contributed by atoms with Crippen LogP contribution in [-0.2, 0) is 11.3 Å². The number of hydrogen-bond donors (Lipinski definition) is 1. The molecule has 0 unspecified atom stereocenters. The van der Waals surface area contributed by atoms with Gasteiger partial charge in [0.25, 0.3) is 5.88 Å². The smallest absolute Gasteiger partial charge is 0.422 e. The van der Waals surface area contributed by atoms with E-state index in [2.05, 4.69) is 47.7 Å². The number of aromatic nitrogens is 8. The van der Waals surface area contributed by atoms with Crippen LogP contribution in [0.3, 0.4) is 0 Å². The summed E-state index contributed by atoms with van der Waals surface area (Å²) in [6, 6.07) is 5.33. The van der Waals surface area contributed by atoms with Gasteiger partial charge in [0.2, 0.25) is 5.95 Å². The van der Waals surface area contributed by atoms with E-state index in [9.17, 15) is 13.2 Å². The number of piperidine rings is 1. The van der Waals surface area contributed by atoms with Gasteiger partial charge in [-0.25, -0.2) is 14.6 Å². The van der Waals surface area contributed by atoms with Crippen LogP contribution in [0.15, 0.2) is 43.1 Å². The standard InChI is InChI=1S/C30H36ClF3N10O3/c1-20(16-43-19-37-40-41-43)47-26-13-21(3-4-24(26)31)22-14-35-28(36-15-22)38-25-17-44(39-27(25)46-18-30(32,33)34)23-5-9-42(10-6-23)29(2)7-11-45-12-8-29/h3-4,13-15,17,19-20,23H,5-12,16,18H2,1-2H3,(H,35,36,38)/t20-/m0/s1. The van der Waals surface area contributed by atoms with Crippen molar-refractivity contribution in [3.63, 3.8) is 0 Å². The number of hydrogen-bond acceptors (Lipinski definition) is 11. The van der Waals surface area contributed by atoms with Crippen LogP contribution in [0.25, 0.3) is 11.1 Å². The number of halogens is 4. The Bertz CT molecular complexity index is 1610. The molecule has 2 saturated heterocycles. The monoisotopic (exact) mass is 676 g/mol. The largest absolute Gasteiger partial charge is 0.487 e. The van der Waals surface area contributed by atoms with Gasteiger partial charge < -0.3 is 19.5 Å². The molecule has 252 valence electrons. The molecule has 13 nitrogen and oxygen atoms in total. The molecule has 0 radical (unpaired) electrons. The Morgan fingerprint density at radius 3 is 2.55 bits per heavy atom. The van der Waals surface area contributed by atoms with Gasteiger partial charge in [0.05, 0.1) is 23.8 Å². The van der Waals surface area contributed by atoms with Gasteiger partial charge in [0, 0.05) is 49.8 Å². The second-order valence-electron chi connectivity index (χ2n) is 12.1. The molecule has 1 atom stereocenters. The van der Waals surface area contributed by atoms with Gasteiger partial charge in [0.15, 0.2) is 6.61 Å². The summed E-state index contributed by atoms with van der Waals surface area (Å²) in [6.07, 6.45) is 5.16. The van der Waals surface area contributed by atoms with Crippen LogP contribution >= 0.6 is 11.6 Å². The van der Waals surface area contributed by atoms with E-state index in [1.165, 1.54) is 6.33 Å². The summed E-state index contributed by atoms with van der Waals surface area (Å²) in [6.45, 7) is 6.35. The molecule has 0 saturated carbocycles. The van der Waals surface area contributed by atoms with Crippen molar-refractivity contribution in [2.45, 2.75) is 69.9 Å². The van der Waals surface area contributed by atoms with Gasteiger partial charge >= 0.3 is 6.18 Å². The quantitative estimate of drug-likeness (QED) is 0.221. The molecular weight excluding hydrogens is 641 g/mol. The molecule has 0 aliphatic carbocycles. The summed E-state index contributed by atoms with van der Waals surface area (Å²) in [4.78, 5) is 11.3. The molecule has 5 heterocycles. The Labute approximate surface area is 274 Å². The molecule has 2 fully saturated rings. The molecule has 2 aliphatic rings. The fourth-order valence-electron chi connectivity index (χ4n) is 5.92. The first-order valence-corrected chi connectivity index (χ1v) is 15.8. The number of nitrogens with one attached hydrogen (secondary N) is 1. The normalized spacial score (nSPS) is 18.2. The van der Waals surface area contributed by atoms with E-state index in [-0.39, 0.29) is 35.2 Å². The number of tetrazole rings is 1. The molecule has 1 N–H and O–H groups in total. The van der Waals surface area contributed by atoms with Gasteiger partial charge in [-0.05, 0) is 67.7 Å². The summed E-state index contributed by atoms with van der Waals surface area (Å²) >= 11 is 6.39. The van der Waals surface area contributed by atoms with Gasteiger partial charge in [0.1, 0.15) is 23.9 Å². The first-order valence-electron chi connectivity index (χ1n) is 15.4. The van der Waals surface area contributed by atoms with Gasteiger partial charge in [-0.3, -0.25) is 9.58 Å². The van der Waals surface area contributed by atoms with Crippen molar-refractivity contribution in [2.24, 2.45) is 0 Å². The van der Waals surface area contributed by atoms with Crippen molar-refractivity contribution < 1.29 is 27.4 Å². The van der Waals surface area contributed by atoms with E-state index in [1.54, 1.807) is 40.1 Å². The number of likely N-dealkylation sites (tertiary alicyclic amines) is 1. The maximum absolute atomic E-state index is 13.1. The highest BCUT2D eigenvalue weighted by Gasteiger charge is 2.37. The number of nitrogens with zero attached hydrogens (tertiary/aromatic N) is 9. The van der Waals surface area contributed by atoms with Crippen LogP contribution in [0, 0.1) is 0 Å². The lowest BCUT2D eigenvalue weighted by atomic mass is 9.88. The Hall–Kier alpha value is -4.02. The molecule has 3 aromatic heterocycles. The summed E-state index contributed by atoms with van der Waals surface area (Å²) in [5.74, 6) is 0.482. The lowest BCUT2D eigenvalue weighted by Crippen LogP contribution is -2.53. The molecule has 0 bridgehead atoms. The summed E-state index contributed by atoms with van der Waals surface area (Å²) in [5.41, 5.74) is 1.78. The molecule has 0 amide bonds. The summed E-state index contributed by atoms with van der Waals surface area (Å²) < 4.78 is 59.2. The minimum absolute atomic E-state index is 0.0127. The Morgan fingerprint density at radius 2 is 1.87 bits per heavy atom. The number of alkyl halides is 3. The molecule has 6 rings (SSSR count). The van der Waals surface area contributed by atoms with E-state index in [0.717, 1.165) is 57.6 Å². The van der Waals surface area contributed by atoms with Gasteiger partial charge in [-0.1, -0.05) is 17.7 Å². The summed E-state index contributed by atoms with van der Waals surface area (Å²) in [7, 11) is 0. The molecule has 17 heteroatoms. The lowest BCUT2D eigenvalue weighted by Gasteiger charge is -2.47. The van der Waals surface area contributed by atoms with E-state index >= 15 is 0 Å². The topological polar surface area (TPSA) is 130 Å². The molecule has 1 aromatic carbocycles. The van der Waals surface area contributed by atoms with Crippen molar-refractivity contribution in [3.8, 4) is 22.8 Å². The second-order valence-corrected chi connectivity index (χ2v) is 12.5. The highest BCUT2D eigenvalue weighted by molar-refractivity contribution is 6.32. The van der Waals surface area contributed by atoms with Crippen LogP contribution in [0.1, 0.15) is 45.6 Å². The minimum Gasteiger partial charge on any atom is -0.487 e. The maximum Gasteiger partial charge on any atom is 0.422 e. The van der Waals surface area contributed by atoms with Gasteiger partial charge in [-0.2, -0.15) is 13.2 Å². The van der Waals surface area contributed by atoms with Crippen molar-refractivity contribution in [1.29, 1.82) is 0 Å². The highest BCUT2D eigenvalue weighted by atomic mass is 35.5. The zero-order valence-electron chi connectivity index (χ0n) is 26.0. The Morgan fingerprint density at radius 1 is 1.13 bits per heavy atom. The van der Waals surface area contributed by atoms with Crippen molar-refractivity contribution in [1.82, 2.24) is 44.9 Å². The number of rotatable bonds is 11. The molecule has 47 heavy (non-hydrogen) atoms. The molecule has 0 spiro atoms. The first-order chi connectivity index (χ1) is 22.5. The van der Waals surface area contributed by atoms with Crippen molar-refractivity contribution in [3.05, 3.63) is 48.1 Å². The van der Waals surface area contributed by atoms with Crippen LogP contribution in [0.5, 0.6) is 11.6 Å². The number of anilines is 2. The number of ether oxygens (including phenoxy) is 3. The third-order valence-corrected chi connectivity index (χ3v) is 8.88. The highest BCUT2D eigenvalue weighted by Crippen LogP contribution is 2.36. The fraction of sp³-hybridized carbons (Fsp3) is 0.533. The van der Waals surface area contributed by atoms with Crippen LogP contribution in [0.2, 0.25) is 5.02 Å². The number of benzene rings is 1. The zero-order chi connectivity index (χ0) is 33.0. The third kappa shape index (κ3) is 8.29. The molecule has 4 aromatic rings. The maximum atomic E-state index is 13.1. The molecular formula is C30H36ClF3N10O3. The SMILES string of the molecule is C[C@@H](Cn1cnnn1)Oc1cc(-c2cnc(Nc3cn(C4CCN(C5(C)CCOCC5)CC4)nc3OCC(F)(F)F)nc2)ccc1Cl. The van der Waals surface area contributed by atoms with Crippen molar-refractivity contribution >= 4 is 23.2 Å². The van der Waals surface area contributed by atoms with Crippen LogP contribution in [-0.4, -0.2) is 95.6 Å². The van der Waals surface area contributed by atoms with Gasteiger partial charge in [-0.15, -0.1) is 10.2 Å². The summed E-state index contributed by atoms with van der Waals surface area (Å²) in [5, 5.41) is 18.9. The molecule has 2 aliphatic heterocycles. The Balaban J connectivity index is 1.14. The lowest BCUT2D eigenvalue weighted by molar-refractivity contribution is -0.154. The average Bonchev–Trinajstić information content (AvgIpc) is 3.71. The van der Waals surface area contributed by atoms with Crippen LogP contribution < -0.4 is 14.8 Å². The predicted molar refractivity (Wildman–Crippen MR) is 166 cm³/mol. The zero-order valence-corrected chi connectivity index (χ0v) is 26.8. The Kier molecular flexibility index (Phi) is 9.80. The van der Waals surface area contributed by atoms with E-state index in [0.29, 0.717) is 22.9 Å². The third-order valence-electron chi connectivity index (χ3n) is 8.57. The van der Waals surface area contributed by atoms with E-state index in [1.807, 2.05) is 13.0 Å². The average molecular weight is 677 g/mol. The minimum atomic E-state index is -4.52. The van der Waals surface area contributed by atoms with E-state index < -0.39 is 12.8 Å². The predicted octanol–water partition coefficient (Wildman–Crippen LogP) is 5.34. The van der Waals surface area contributed by atoms with E-state index in [4.69, 9.17) is 25.8 Å². The van der Waals surface area contributed by atoms with Crippen LogP contribution in [0.4, 0.5) is 24.8 Å². The fourth-order valence-corrected chi connectivity index (χ4v) is 6.08.